The summed E-state index contributed by atoms with van der Waals surface area (Å²) in [5.41, 5.74) is 7.96. The lowest BCUT2D eigenvalue weighted by Crippen LogP contribution is -2.53. The maximum Gasteiger partial charge on any atom is 0.328 e. The zero-order valence-electron chi connectivity index (χ0n) is 25.2. The molecular weight excluding hydrogens is 666 g/mol. The van der Waals surface area contributed by atoms with Gasteiger partial charge in [-0.3, -0.25) is 24.6 Å². The summed E-state index contributed by atoms with van der Waals surface area (Å²) >= 11 is 12.5. The first-order valence-electron chi connectivity index (χ1n) is 15.0. The topological polar surface area (TPSA) is 159 Å². The molecular formula is C34H27Cl2FN4O7. The quantitative estimate of drug-likeness (QED) is 0.251. The number of carbonyl (C=O) groups is 5. The second-order valence-electron chi connectivity index (χ2n) is 12.3. The monoisotopic (exact) mass is 692 g/mol. The van der Waals surface area contributed by atoms with E-state index in [4.69, 9.17) is 33.7 Å². The van der Waals surface area contributed by atoms with Gasteiger partial charge >= 0.3 is 6.03 Å². The first-order chi connectivity index (χ1) is 22.9. The van der Waals surface area contributed by atoms with E-state index in [1.54, 1.807) is 30.3 Å². The molecule has 3 aromatic carbocycles. The number of carbonyl (C=O) groups excluding carboxylic acids is 5. The number of nitrogens with zero attached hydrogens (tertiary/aromatic N) is 2. The SMILES string of the molecule is COc1ccc(C23C(=O)N(Nc4ccc(Cl)cc4Cl)C(=O)C2CC2C(=CCC4C(=O)N(C(N)=O)C(=O)C42)C3c2ccc(O)c(F)c2)cc1. The Labute approximate surface area is 283 Å². The number of hydrazine groups is 1. The van der Waals surface area contributed by atoms with Crippen LogP contribution in [0.2, 0.25) is 10.0 Å². The summed E-state index contributed by atoms with van der Waals surface area (Å²) in [7, 11) is 1.48. The van der Waals surface area contributed by atoms with Crippen molar-refractivity contribution in [3.8, 4) is 11.5 Å². The number of fused-ring (bicyclic) bond motifs is 4. The van der Waals surface area contributed by atoms with E-state index >= 15 is 9.18 Å². The van der Waals surface area contributed by atoms with Gasteiger partial charge in [-0.15, -0.1) is 0 Å². The molecule has 3 fully saturated rings. The largest absolute Gasteiger partial charge is 0.505 e. The van der Waals surface area contributed by atoms with Gasteiger partial charge < -0.3 is 15.6 Å². The molecule has 0 radical (unpaired) electrons. The zero-order chi connectivity index (χ0) is 34.2. The molecule has 0 bridgehead atoms. The van der Waals surface area contributed by atoms with Crippen LogP contribution in [0.1, 0.15) is 29.9 Å². The Morgan fingerprint density at radius 3 is 2.38 bits per heavy atom. The molecule has 4 aliphatic rings. The summed E-state index contributed by atoms with van der Waals surface area (Å²) in [5.74, 6) is -8.98. The molecule has 2 saturated heterocycles. The second-order valence-corrected chi connectivity index (χ2v) is 13.1. The van der Waals surface area contributed by atoms with Crippen molar-refractivity contribution < 1.29 is 38.2 Å². The molecule has 4 N–H and O–H groups in total. The number of amides is 6. The summed E-state index contributed by atoms with van der Waals surface area (Å²) in [5, 5.41) is 11.5. The number of nitrogens with one attached hydrogen (secondary N) is 1. The first-order valence-corrected chi connectivity index (χ1v) is 15.8. The van der Waals surface area contributed by atoms with Crippen LogP contribution in [0.25, 0.3) is 0 Å². The van der Waals surface area contributed by atoms with Crippen LogP contribution < -0.4 is 15.9 Å². The van der Waals surface area contributed by atoms with Gasteiger partial charge in [0.1, 0.15) is 5.75 Å². The Morgan fingerprint density at radius 2 is 1.73 bits per heavy atom. The average Bonchev–Trinajstić information content (AvgIpc) is 3.44. The summed E-state index contributed by atoms with van der Waals surface area (Å²) in [6, 6.07) is 13.6. The van der Waals surface area contributed by atoms with Gasteiger partial charge in [-0.2, -0.15) is 9.91 Å². The number of primary amides is 1. The number of likely N-dealkylation sites (tertiary alicyclic amines) is 1. The summed E-state index contributed by atoms with van der Waals surface area (Å²) in [6.07, 6.45) is 1.71. The predicted molar refractivity (Wildman–Crippen MR) is 170 cm³/mol. The molecule has 6 unspecified atom stereocenters. The highest BCUT2D eigenvalue weighted by molar-refractivity contribution is 6.36. The van der Waals surface area contributed by atoms with E-state index in [1.165, 1.54) is 31.4 Å². The minimum Gasteiger partial charge on any atom is -0.505 e. The number of anilines is 1. The molecule has 48 heavy (non-hydrogen) atoms. The lowest BCUT2D eigenvalue weighted by molar-refractivity contribution is -0.139. The van der Waals surface area contributed by atoms with Crippen LogP contribution in [0.5, 0.6) is 11.5 Å². The van der Waals surface area contributed by atoms with E-state index in [9.17, 15) is 24.3 Å². The number of hydrogen-bond acceptors (Lipinski definition) is 8. The van der Waals surface area contributed by atoms with Crippen molar-refractivity contribution in [2.24, 2.45) is 29.4 Å². The Bertz CT molecular complexity index is 1970. The van der Waals surface area contributed by atoms with Crippen LogP contribution >= 0.6 is 23.2 Å². The van der Waals surface area contributed by atoms with E-state index < -0.39 is 76.2 Å². The smallest absolute Gasteiger partial charge is 0.328 e. The van der Waals surface area contributed by atoms with Gasteiger partial charge in [0, 0.05) is 10.9 Å². The second kappa shape index (κ2) is 11.3. The van der Waals surface area contributed by atoms with Crippen molar-refractivity contribution in [2.75, 3.05) is 12.5 Å². The summed E-state index contributed by atoms with van der Waals surface area (Å²) in [4.78, 5) is 69.2. The average molecular weight is 694 g/mol. The van der Waals surface area contributed by atoms with Gasteiger partial charge in [0.15, 0.2) is 11.6 Å². The fraction of sp³-hybridized carbons (Fsp3) is 0.265. The van der Waals surface area contributed by atoms with Crippen LogP contribution in [-0.2, 0) is 24.6 Å². The van der Waals surface area contributed by atoms with Gasteiger partial charge in [0.05, 0.1) is 41.0 Å². The number of allylic oxidation sites excluding steroid dienone is 2. The fourth-order valence-electron chi connectivity index (χ4n) is 8.14. The Kier molecular flexibility index (Phi) is 7.48. The number of ether oxygens (including phenoxy) is 1. The van der Waals surface area contributed by atoms with Crippen molar-refractivity contribution in [3.05, 3.63) is 99.3 Å². The highest BCUT2D eigenvalue weighted by Gasteiger charge is 2.70. The number of methoxy groups -OCH3 is 1. The van der Waals surface area contributed by atoms with E-state index in [-0.39, 0.29) is 29.1 Å². The van der Waals surface area contributed by atoms with Gasteiger partial charge in [-0.05, 0) is 72.4 Å². The molecule has 0 aromatic heterocycles. The van der Waals surface area contributed by atoms with Crippen LogP contribution in [0.3, 0.4) is 0 Å². The number of aromatic hydroxyl groups is 1. The number of halogens is 3. The molecule has 7 rings (SSSR count). The molecule has 6 atom stereocenters. The number of benzene rings is 3. The molecule has 2 heterocycles. The van der Waals surface area contributed by atoms with E-state index in [2.05, 4.69) is 5.43 Å². The van der Waals surface area contributed by atoms with Gasteiger partial charge in [-0.1, -0.05) is 53.1 Å². The third kappa shape index (κ3) is 4.42. The number of urea groups is 1. The molecule has 246 valence electrons. The molecule has 14 heteroatoms. The van der Waals surface area contributed by atoms with Gasteiger partial charge in [0.25, 0.3) is 11.8 Å². The fourth-order valence-corrected chi connectivity index (χ4v) is 8.59. The van der Waals surface area contributed by atoms with Crippen molar-refractivity contribution in [1.82, 2.24) is 9.91 Å². The lowest BCUT2D eigenvalue weighted by Gasteiger charge is -2.50. The first kappa shape index (κ1) is 31.6. The van der Waals surface area contributed by atoms with Crippen LogP contribution in [0.15, 0.2) is 72.3 Å². The Balaban J connectivity index is 1.47. The van der Waals surface area contributed by atoms with Crippen molar-refractivity contribution >= 4 is 58.5 Å². The maximum atomic E-state index is 15.2. The Morgan fingerprint density at radius 1 is 1.00 bits per heavy atom. The maximum absolute atomic E-state index is 15.2. The number of hydrogen-bond donors (Lipinski definition) is 3. The molecule has 2 aliphatic heterocycles. The normalized spacial score (nSPS) is 27.8. The molecule has 6 amide bonds. The molecule has 11 nitrogen and oxygen atoms in total. The van der Waals surface area contributed by atoms with Crippen molar-refractivity contribution in [2.45, 2.75) is 24.2 Å². The summed E-state index contributed by atoms with van der Waals surface area (Å²) in [6.45, 7) is 0. The molecule has 1 saturated carbocycles. The Hall–Kier alpha value is -4.94. The third-order valence-electron chi connectivity index (χ3n) is 10.1. The van der Waals surface area contributed by atoms with Gasteiger partial charge in [0.2, 0.25) is 11.8 Å². The number of phenolic OH excluding ortho intramolecular Hbond substituents is 1. The van der Waals surface area contributed by atoms with Gasteiger partial charge in [-0.25, -0.2) is 9.18 Å². The number of rotatable bonds is 5. The summed E-state index contributed by atoms with van der Waals surface area (Å²) < 4.78 is 20.5. The number of nitrogens with two attached hydrogens (primary N) is 1. The highest BCUT2D eigenvalue weighted by atomic mass is 35.5. The standard InChI is InChI=1S/C34H27Cl2FN4O7/c1-48-18-6-3-16(4-7-18)34-22(30(44)41(32(34)46)39-25-10-5-17(35)13-23(25)36)14-21-19(28(34)15-2-11-26(42)24(37)12-15)8-9-20-27(21)31(45)40(29(20)43)33(38)47/h2-8,10-13,20-22,27-28,39,42H,9,14H2,1H3,(H2,38,47). The van der Waals surface area contributed by atoms with Crippen molar-refractivity contribution in [1.29, 1.82) is 0 Å². The van der Waals surface area contributed by atoms with Crippen LogP contribution in [-0.4, -0.2) is 51.8 Å². The molecule has 2 aliphatic carbocycles. The zero-order valence-corrected chi connectivity index (χ0v) is 26.7. The lowest BCUT2D eigenvalue weighted by atomic mass is 9.49. The molecule has 0 spiro atoms. The third-order valence-corrected chi connectivity index (χ3v) is 10.7. The van der Waals surface area contributed by atoms with Crippen LogP contribution in [0.4, 0.5) is 14.9 Å². The van der Waals surface area contributed by atoms with Crippen molar-refractivity contribution in [3.63, 3.8) is 0 Å². The van der Waals surface area contributed by atoms with E-state index in [1.807, 2.05) is 0 Å². The predicted octanol–water partition coefficient (Wildman–Crippen LogP) is 4.91. The number of imide groups is 4. The highest BCUT2D eigenvalue weighted by Crippen LogP contribution is 2.64. The minimum absolute atomic E-state index is 0.0375. The molecule has 3 aromatic rings. The van der Waals surface area contributed by atoms with E-state index in [0.717, 1.165) is 17.1 Å². The van der Waals surface area contributed by atoms with E-state index in [0.29, 0.717) is 26.8 Å². The van der Waals surface area contributed by atoms with Crippen LogP contribution in [0, 0.1) is 29.5 Å². The number of phenols is 1. The minimum atomic E-state index is -1.72.